The van der Waals surface area contributed by atoms with E-state index in [0.717, 1.165) is 0 Å². The Balaban J connectivity index is 2.87. The van der Waals surface area contributed by atoms with E-state index >= 15 is 0 Å². The lowest BCUT2D eigenvalue weighted by Crippen LogP contribution is -2.12. The first-order valence-electron chi connectivity index (χ1n) is 5.69. The van der Waals surface area contributed by atoms with E-state index in [-0.39, 0.29) is 6.42 Å². The number of aliphatic hydroxyl groups is 1. The molecular weight excluding hydrogens is 267 g/mol. The van der Waals surface area contributed by atoms with Crippen LogP contribution in [0.1, 0.15) is 24.8 Å². The topological polar surface area (TPSA) is 20.2 Å². The molecule has 0 heterocycles. The molecule has 0 aliphatic rings. The van der Waals surface area contributed by atoms with Crippen LogP contribution in [-0.4, -0.2) is 11.2 Å². The summed E-state index contributed by atoms with van der Waals surface area (Å²) in [4.78, 5) is 0. The van der Waals surface area contributed by atoms with Crippen LogP contribution in [-0.2, 0) is 6.42 Å². The summed E-state index contributed by atoms with van der Waals surface area (Å²) in [6, 6.07) is 0. The largest absolute Gasteiger partial charge is 0.393 e. The number of benzene rings is 1. The fourth-order valence-electron chi connectivity index (χ4n) is 1.64. The van der Waals surface area contributed by atoms with Crippen molar-refractivity contribution < 1.29 is 27.1 Å². The Morgan fingerprint density at radius 1 is 0.895 bits per heavy atom. The highest BCUT2D eigenvalue weighted by Gasteiger charge is 2.25. The lowest BCUT2D eigenvalue weighted by atomic mass is 10.0. The third-order valence-electron chi connectivity index (χ3n) is 2.73. The van der Waals surface area contributed by atoms with Gasteiger partial charge in [-0.05, 0) is 25.7 Å². The second kappa shape index (κ2) is 6.65. The standard InChI is InChI=1S/C13H13F5O/c1-2-3-4-7(19)5-6-8-9(14)11(16)13(18)12(17)10(8)15/h2,7,19H,1,3-6H2. The minimum atomic E-state index is -2.18. The molecule has 1 aromatic rings. The van der Waals surface area contributed by atoms with Crippen LogP contribution in [0.5, 0.6) is 0 Å². The molecule has 0 aliphatic carbocycles. The molecule has 0 spiro atoms. The summed E-state index contributed by atoms with van der Waals surface area (Å²) >= 11 is 0. The molecule has 19 heavy (non-hydrogen) atoms. The van der Waals surface area contributed by atoms with Crippen molar-refractivity contribution in [3.63, 3.8) is 0 Å². The molecule has 106 valence electrons. The van der Waals surface area contributed by atoms with Crippen molar-refractivity contribution in [2.24, 2.45) is 0 Å². The van der Waals surface area contributed by atoms with E-state index < -0.39 is 47.2 Å². The monoisotopic (exact) mass is 280 g/mol. The summed E-state index contributed by atoms with van der Waals surface area (Å²) in [5.74, 6) is -9.78. The van der Waals surface area contributed by atoms with Gasteiger partial charge < -0.3 is 5.11 Å². The highest BCUT2D eigenvalue weighted by atomic mass is 19.2. The van der Waals surface area contributed by atoms with Crippen molar-refractivity contribution >= 4 is 0 Å². The second-order valence-corrected chi connectivity index (χ2v) is 4.11. The van der Waals surface area contributed by atoms with Gasteiger partial charge in [0.1, 0.15) is 0 Å². The Morgan fingerprint density at radius 3 is 1.84 bits per heavy atom. The molecule has 1 aromatic carbocycles. The lowest BCUT2D eigenvalue weighted by Gasteiger charge is -2.11. The minimum absolute atomic E-state index is 0.0911. The number of hydrogen-bond donors (Lipinski definition) is 1. The van der Waals surface area contributed by atoms with Gasteiger partial charge in [0.25, 0.3) is 0 Å². The number of aliphatic hydroxyl groups excluding tert-OH is 1. The van der Waals surface area contributed by atoms with Gasteiger partial charge in [-0.1, -0.05) is 6.08 Å². The van der Waals surface area contributed by atoms with Gasteiger partial charge in [0.15, 0.2) is 23.3 Å². The average molecular weight is 280 g/mol. The lowest BCUT2D eigenvalue weighted by molar-refractivity contribution is 0.155. The first-order valence-corrected chi connectivity index (χ1v) is 5.69. The van der Waals surface area contributed by atoms with Crippen LogP contribution >= 0.6 is 0 Å². The molecule has 6 heteroatoms. The third kappa shape index (κ3) is 3.53. The molecule has 1 nitrogen and oxygen atoms in total. The number of rotatable bonds is 6. The van der Waals surface area contributed by atoms with Gasteiger partial charge in [0, 0.05) is 5.56 Å². The third-order valence-corrected chi connectivity index (χ3v) is 2.73. The molecular formula is C13H13F5O. The maximum atomic E-state index is 13.3. The van der Waals surface area contributed by atoms with E-state index in [0.29, 0.717) is 12.8 Å². The summed E-state index contributed by atoms with van der Waals surface area (Å²) in [5, 5.41) is 9.46. The van der Waals surface area contributed by atoms with Gasteiger partial charge >= 0.3 is 0 Å². The second-order valence-electron chi connectivity index (χ2n) is 4.11. The van der Waals surface area contributed by atoms with Gasteiger partial charge in [-0.15, -0.1) is 6.58 Å². The van der Waals surface area contributed by atoms with E-state index in [1.165, 1.54) is 0 Å². The zero-order chi connectivity index (χ0) is 14.6. The van der Waals surface area contributed by atoms with Crippen molar-refractivity contribution in [3.8, 4) is 0 Å². The zero-order valence-electron chi connectivity index (χ0n) is 10.0. The van der Waals surface area contributed by atoms with E-state index in [9.17, 15) is 27.1 Å². The molecule has 0 fully saturated rings. The van der Waals surface area contributed by atoms with Gasteiger partial charge in [-0.2, -0.15) is 0 Å². The minimum Gasteiger partial charge on any atom is -0.393 e. The van der Waals surface area contributed by atoms with E-state index in [2.05, 4.69) is 6.58 Å². The van der Waals surface area contributed by atoms with Gasteiger partial charge in [0.2, 0.25) is 5.82 Å². The molecule has 1 unspecified atom stereocenters. The normalized spacial score (nSPS) is 12.5. The Bertz CT molecular complexity index is 444. The SMILES string of the molecule is C=CCCC(O)CCc1c(F)c(F)c(F)c(F)c1F. The molecule has 0 aliphatic heterocycles. The average Bonchev–Trinajstić information content (AvgIpc) is 2.40. The molecule has 0 bridgehead atoms. The predicted molar refractivity (Wildman–Crippen MR) is 60.0 cm³/mol. The van der Waals surface area contributed by atoms with Crippen LogP contribution in [0.4, 0.5) is 22.0 Å². The van der Waals surface area contributed by atoms with Crippen LogP contribution in [0.2, 0.25) is 0 Å². The van der Waals surface area contributed by atoms with Crippen molar-refractivity contribution in [1.82, 2.24) is 0 Å². The van der Waals surface area contributed by atoms with E-state index in [4.69, 9.17) is 0 Å². The highest BCUT2D eigenvalue weighted by Crippen LogP contribution is 2.24. The van der Waals surface area contributed by atoms with Gasteiger partial charge in [-0.25, -0.2) is 22.0 Å². The van der Waals surface area contributed by atoms with Crippen LogP contribution in [0, 0.1) is 29.1 Å². The van der Waals surface area contributed by atoms with Crippen LogP contribution in [0.15, 0.2) is 12.7 Å². The smallest absolute Gasteiger partial charge is 0.200 e. The van der Waals surface area contributed by atoms with Crippen LogP contribution < -0.4 is 0 Å². The molecule has 0 saturated carbocycles. The Hall–Kier alpha value is -1.43. The summed E-state index contributed by atoms with van der Waals surface area (Å²) in [7, 11) is 0. The number of hydrogen-bond acceptors (Lipinski definition) is 1. The summed E-state index contributed by atoms with van der Waals surface area (Å²) in [6.45, 7) is 3.44. The van der Waals surface area contributed by atoms with Crippen molar-refractivity contribution in [2.75, 3.05) is 0 Å². The zero-order valence-corrected chi connectivity index (χ0v) is 10.0. The molecule has 1 atom stereocenters. The number of halogens is 5. The van der Waals surface area contributed by atoms with Crippen LogP contribution in [0.3, 0.4) is 0 Å². The van der Waals surface area contributed by atoms with Crippen molar-refractivity contribution in [1.29, 1.82) is 0 Å². The summed E-state index contributed by atoms with van der Waals surface area (Å²) in [6.07, 6.45) is 0.975. The van der Waals surface area contributed by atoms with Gasteiger partial charge in [-0.3, -0.25) is 0 Å². The quantitative estimate of drug-likeness (QED) is 0.365. The van der Waals surface area contributed by atoms with Crippen molar-refractivity contribution in [2.45, 2.75) is 31.8 Å². The van der Waals surface area contributed by atoms with E-state index in [1.807, 2.05) is 0 Å². The van der Waals surface area contributed by atoms with E-state index in [1.54, 1.807) is 6.08 Å². The fourth-order valence-corrected chi connectivity index (χ4v) is 1.64. The summed E-state index contributed by atoms with van der Waals surface area (Å²) < 4.78 is 65.1. The van der Waals surface area contributed by atoms with Gasteiger partial charge in [0.05, 0.1) is 6.10 Å². The molecule has 0 amide bonds. The Kier molecular flexibility index (Phi) is 5.47. The molecule has 1 rings (SSSR count). The fraction of sp³-hybridized carbons (Fsp3) is 0.385. The molecule has 0 radical (unpaired) electrons. The number of allylic oxidation sites excluding steroid dienone is 1. The molecule has 0 saturated heterocycles. The first-order chi connectivity index (χ1) is 8.90. The van der Waals surface area contributed by atoms with Crippen LogP contribution in [0.25, 0.3) is 0 Å². The Labute approximate surface area is 107 Å². The molecule has 1 N–H and O–H groups in total. The maximum Gasteiger partial charge on any atom is 0.200 e. The Morgan fingerprint density at radius 2 is 1.37 bits per heavy atom. The first kappa shape index (κ1) is 15.6. The highest BCUT2D eigenvalue weighted by molar-refractivity contribution is 5.24. The van der Waals surface area contributed by atoms with Crippen molar-refractivity contribution in [3.05, 3.63) is 47.3 Å². The predicted octanol–water partition coefficient (Wildman–Crippen LogP) is 3.64. The molecule has 0 aromatic heterocycles. The summed E-state index contributed by atoms with van der Waals surface area (Å²) in [5.41, 5.74) is -0.894. The maximum absolute atomic E-state index is 13.3.